The van der Waals surface area contributed by atoms with Gasteiger partial charge in [0.1, 0.15) is 5.82 Å². The van der Waals surface area contributed by atoms with E-state index in [9.17, 15) is 0 Å². The van der Waals surface area contributed by atoms with Gasteiger partial charge in [-0.15, -0.1) is 0 Å². The maximum Gasteiger partial charge on any atom is 0.225 e. The molecule has 0 unspecified atom stereocenters. The van der Waals surface area contributed by atoms with Crippen LogP contribution in [0.1, 0.15) is 39.5 Å². The third kappa shape index (κ3) is 4.47. The lowest BCUT2D eigenvalue weighted by Crippen LogP contribution is -2.25. The van der Waals surface area contributed by atoms with Crippen LogP contribution in [0.3, 0.4) is 0 Å². The van der Waals surface area contributed by atoms with Gasteiger partial charge in [-0.2, -0.15) is 4.98 Å². The first-order valence-corrected chi connectivity index (χ1v) is 9.16. The number of benzene rings is 1. The second-order valence-electron chi connectivity index (χ2n) is 6.98. The molecule has 2 heterocycles. The molecule has 1 saturated heterocycles. The minimum atomic E-state index is 0.565. The molecule has 3 rings (SSSR count). The van der Waals surface area contributed by atoms with E-state index in [2.05, 4.69) is 54.4 Å². The van der Waals surface area contributed by atoms with Crippen molar-refractivity contribution in [1.29, 1.82) is 0 Å². The van der Waals surface area contributed by atoms with Crippen LogP contribution in [0.25, 0.3) is 11.3 Å². The van der Waals surface area contributed by atoms with Gasteiger partial charge >= 0.3 is 0 Å². The van der Waals surface area contributed by atoms with Gasteiger partial charge in [0.15, 0.2) is 0 Å². The molecule has 1 aromatic heterocycles. The highest BCUT2D eigenvalue weighted by Gasteiger charge is 2.14. The molecule has 1 N–H and O–H groups in total. The van der Waals surface area contributed by atoms with Crippen LogP contribution in [0.15, 0.2) is 36.4 Å². The van der Waals surface area contributed by atoms with E-state index in [4.69, 9.17) is 9.97 Å². The summed E-state index contributed by atoms with van der Waals surface area (Å²) < 4.78 is 0. The van der Waals surface area contributed by atoms with Crippen LogP contribution in [-0.2, 0) is 0 Å². The molecular weight excluding hydrogens is 296 g/mol. The van der Waals surface area contributed by atoms with Gasteiger partial charge in [-0.3, -0.25) is 0 Å². The summed E-state index contributed by atoms with van der Waals surface area (Å²) in [7, 11) is 0. The highest BCUT2D eigenvalue weighted by Crippen LogP contribution is 2.25. The van der Waals surface area contributed by atoms with E-state index in [0.29, 0.717) is 5.92 Å². The van der Waals surface area contributed by atoms with Gasteiger partial charge in [0.25, 0.3) is 0 Å². The largest absolute Gasteiger partial charge is 0.356 e. The Bertz CT molecular complexity index is 631. The summed E-state index contributed by atoms with van der Waals surface area (Å²) in [4.78, 5) is 12.0. The van der Waals surface area contributed by atoms with E-state index in [1.807, 2.05) is 6.07 Å². The van der Waals surface area contributed by atoms with Gasteiger partial charge in [-0.05, 0) is 18.8 Å². The molecular formula is C20H28N4. The Hall–Kier alpha value is -2.10. The zero-order chi connectivity index (χ0) is 16.8. The van der Waals surface area contributed by atoms with Crippen molar-refractivity contribution in [1.82, 2.24) is 9.97 Å². The van der Waals surface area contributed by atoms with Crippen molar-refractivity contribution in [3.63, 3.8) is 0 Å². The van der Waals surface area contributed by atoms with Crippen molar-refractivity contribution in [2.24, 2.45) is 5.92 Å². The molecule has 128 valence electrons. The summed E-state index contributed by atoms with van der Waals surface area (Å²) in [5.74, 6) is 2.36. The van der Waals surface area contributed by atoms with Gasteiger partial charge in [0.2, 0.25) is 5.95 Å². The van der Waals surface area contributed by atoms with Crippen molar-refractivity contribution in [2.75, 3.05) is 29.9 Å². The monoisotopic (exact) mass is 324 g/mol. The zero-order valence-electron chi connectivity index (χ0n) is 14.8. The van der Waals surface area contributed by atoms with Crippen LogP contribution in [0.5, 0.6) is 0 Å². The summed E-state index contributed by atoms with van der Waals surface area (Å²) in [5.41, 5.74) is 2.14. The SMILES string of the molecule is CC(C)CNc1nc(-c2ccccc2)cc(N2CCCCCC2)n1. The lowest BCUT2D eigenvalue weighted by atomic mass is 10.1. The topological polar surface area (TPSA) is 41.1 Å². The first-order chi connectivity index (χ1) is 11.7. The first kappa shape index (κ1) is 16.7. The minimum Gasteiger partial charge on any atom is -0.356 e. The smallest absolute Gasteiger partial charge is 0.225 e. The van der Waals surface area contributed by atoms with Crippen LogP contribution < -0.4 is 10.2 Å². The third-order valence-corrected chi connectivity index (χ3v) is 4.38. The Morgan fingerprint density at radius 1 is 1.00 bits per heavy atom. The number of hydrogen-bond acceptors (Lipinski definition) is 4. The Morgan fingerprint density at radius 3 is 2.38 bits per heavy atom. The normalized spacial score (nSPS) is 15.4. The molecule has 1 fully saturated rings. The number of nitrogens with zero attached hydrogens (tertiary/aromatic N) is 3. The van der Waals surface area contributed by atoms with Crippen molar-refractivity contribution in [3.05, 3.63) is 36.4 Å². The second-order valence-corrected chi connectivity index (χ2v) is 6.98. The van der Waals surface area contributed by atoms with Gasteiger partial charge in [0, 0.05) is 31.3 Å². The van der Waals surface area contributed by atoms with Crippen LogP contribution in [0, 0.1) is 5.92 Å². The fourth-order valence-electron chi connectivity index (χ4n) is 3.03. The summed E-state index contributed by atoms with van der Waals surface area (Å²) in [5, 5.41) is 3.40. The van der Waals surface area contributed by atoms with Crippen LogP contribution in [-0.4, -0.2) is 29.6 Å². The van der Waals surface area contributed by atoms with Gasteiger partial charge < -0.3 is 10.2 Å². The second kappa shape index (κ2) is 8.13. The minimum absolute atomic E-state index is 0.565. The number of anilines is 2. The third-order valence-electron chi connectivity index (χ3n) is 4.38. The molecule has 4 heteroatoms. The van der Waals surface area contributed by atoms with E-state index in [1.165, 1.54) is 25.7 Å². The molecule has 0 saturated carbocycles. The quantitative estimate of drug-likeness (QED) is 0.873. The molecule has 0 radical (unpaired) electrons. The zero-order valence-corrected chi connectivity index (χ0v) is 14.8. The van der Waals surface area contributed by atoms with E-state index in [1.54, 1.807) is 0 Å². The Labute approximate surface area is 145 Å². The highest BCUT2D eigenvalue weighted by molar-refractivity contribution is 5.64. The number of hydrogen-bond donors (Lipinski definition) is 1. The number of aromatic nitrogens is 2. The molecule has 24 heavy (non-hydrogen) atoms. The Kier molecular flexibility index (Phi) is 5.68. The molecule has 1 aliphatic rings. The van der Waals surface area contributed by atoms with E-state index < -0.39 is 0 Å². The van der Waals surface area contributed by atoms with Crippen LogP contribution in [0.2, 0.25) is 0 Å². The van der Waals surface area contributed by atoms with Gasteiger partial charge in [0.05, 0.1) is 5.69 Å². The average molecular weight is 324 g/mol. The average Bonchev–Trinajstić information content (AvgIpc) is 2.90. The van der Waals surface area contributed by atoms with E-state index in [0.717, 1.165) is 42.7 Å². The fraction of sp³-hybridized carbons (Fsp3) is 0.500. The maximum absolute atomic E-state index is 4.80. The molecule has 4 nitrogen and oxygen atoms in total. The lowest BCUT2D eigenvalue weighted by Gasteiger charge is -2.22. The highest BCUT2D eigenvalue weighted by atomic mass is 15.2. The molecule has 1 aliphatic heterocycles. The summed E-state index contributed by atoms with van der Waals surface area (Å²) in [6.45, 7) is 7.47. The molecule has 0 bridgehead atoms. The summed E-state index contributed by atoms with van der Waals surface area (Å²) in [6, 6.07) is 12.5. The van der Waals surface area contributed by atoms with Crippen LogP contribution in [0.4, 0.5) is 11.8 Å². The molecule has 0 atom stereocenters. The predicted octanol–water partition coefficient (Wildman–Crippen LogP) is 4.59. The predicted molar refractivity (Wildman–Crippen MR) is 101 cm³/mol. The van der Waals surface area contributed by atoms with Crippen molar-refractivity contribution >= 4 is 11.8 Å². The summed E-state index contributed by atoms with van der Waals surface area (Å²) in [6.07, 6.45) is 5.15. The standard InChI is InChI=1S/C20H28N4/c1-16(2)15-21-20-22-18(17-10-6-5-7-11-17)14-19(23-20)24-12-8-3-4-9-13-24/h5-7,10-11,14,16H,3-4,8-9,12-13,15H2,1-2H3,(H,21,22,23). The molecule has 1 aromatic carbocycles. The number of rotatable bonds is 5. The van der Waals surface area contributed by atoms with Crippen molar-refractivity contribution in [3.8, 4) is 11.3 Å². The first-order valence-electron chi connectivity index (χ1n) is 9.16. The molecule has 2 aromatic rings. The fourth-order valence-corrected chi connectivity index (χ4v) is 3.03. The van der Waals surface area contributed by atoms with Crippen molar-refractivity contribution in [2.45, 2.75) is 39.5 Å². The maximum atomic E-state index is 4.80. The molecule has 0 aliphatic carbocycles. The lowest BCUT2D eigenvalue weighted by molar-refractivity contribution is 0.684. The Balaban J connectivity index is 1.92. The van der Waals surface area contributed by atoms with Crippen molar-refractivity contribution < 1.29 is 0 Å². The van der Waals surface area contributed by atoms with E-state index in [-0.39, 0.29) is 0 Å². The molecule has 0 spiro atoms. The van der Waals surface area contributed by atoms with E-state index >= 15 is 0 Å². The summed E-state index contributed by atoms with van der Waals surface area (Å²) >= 11 is 0. The van der Waals surface area contributed by atoms with Gasteiger partial charge in [-0.25, -0.2) is 4.98 Å². The Morgan fingerprint density at radius 2 is 1.71 bits per heavy atom. The molecule has 0 amide bonds. The number of nitrogens with one attached hydrogen (secondary N) is 1. The van der Waals surface area contributed by atoms with Gasteiger partial charge in [-0.1, -0.05) is 57.0 Å². The van der Waals surface area contributed by atoms with Crippen LogP contribution >= 0.6 is 0 Å².